The highest BCUT2D eigenvalue weighted by Crippen LogP contribution is 2.62. The summed E-state index contributed by atoms with van der Waals surface area (Å²) in [6.45, 7) is 4.28. The standard InChI is InChI=1S/C23H28N2O4/c1-14(2)17-3-5-18(6-4-17)20-24-19(29-25-20)12-28-21(26)22-8-15-7-16(9-22)11-23(27,10-15)13-22/h3-6,14-16,27H,7-13H2,1-2H3/t15-,16+,22?,23?. The average molecular weight is 396 g/mol. The molecule has 1 heterocycles. The molecule has 0 saturated heterocycles. The van der Waals surface area contributed by atoms with E-state index in [1.165, 1.54) is 5.56 Å². The maximum absolute atomic E-state index is 13.0. The van der Waals surface area contributed by atoms with Crippen LogP contribution in [0.5, 0.6) is 0 Å². The molecule has 1 aromatic heterocycles. The second-order valence-corrected chi connectivity index (χ2v) is 9.83. The van der Waals surface area contributed by atoms with Crippen LogP contribution in [0.3, 0.4) is 0 Å². The van der Waals surface area contributed by atoms with Crippen LogP contribution >= 0.6 is 0 Å². The van der Waals surface area contributed by atoms with E-state index in [9.17, 15) is 9.90 Å². The van der Waals surface area contributed by atoms with Crippen molar-refractivity contribution >= 4 is 5.97 Å². The molecular weight excluding hydrogens is 368 g/mol. The Labute approximate surface area is 170 Å². The van der Waals surface area contributed by atoms with Crippen molar-refractivity contribution in [1.29, 1.82) is 0 Å². The number of hydrogen-bond donors (Lipinski definition) is 1. The van der Waals surface area contributed by atoms with E-state index < -0.39 is 11.0 Å². The number of rotatable bonds is 5. The van der Waals surface area contributed by atoms with E-state index >= 15 is 0 Å². The topological polar surface area (TPSA) is 85.5 Å². The maximum Gasteiger partial charge on any atom is 0.312 e. The molecule has 4 aliphatic rings. The highest BCUT2D eigenvalue weighted by molar-refractivity contribution is 5.77. The van der Waals surface area contributed by atoms with E-state index in [2.05, 4.69) is 36.1 Å². The molecule has 0 radical (unpaired) electrons. The minimum Gasteiger partial charge on any atom is -0.455 e. The minimum absolute atomic E-state index is 0.0224. The Morgan fingerprint density at radius 2 is 1.90 bits per heavy atom. The van der Waals surface area contributed by atoms with Gasteiger partial charge in [-0.15, -0.1) is 0 Å². The Morgan fingerprint density at radius 3 is 2.52 bits per heavy atom. The molecule has 4 bridgehead atoms. The number of esters is 1. The normalized spacial score (nSPS) is 32.7. The molecule has 2 aromatic rings. The lowest BCUT2D eigenvalue weighted by molar-refractivity contribution is -0.197. The Hall–Kier alpha value is -2.21. The van der Waals surface area contributed by atoms with Gasteiger partial charge in [0.1, 0.15) is 0 Å². The first-order valence-corrected chi connectivity index (χ1v) is 10.7. The monoisotopic (exact) mass is 396 g/mol. The van der Waals surface area contributed by atoms with E-state index in [1.807, 2.05) is 12.1 Å². The molecule has 1 aromatic carbocycles. The average Bonchev–Trinajstić information content (AvgIpc) is 3.13. The quantitative estimate of drug-likeness (QED) is 0.761. The van der Waals surface area contributed by atoms with Crippen molar-refractivity contribution in [3.05, 3.63) is 35.7 Å². The van der Waals surface area contributed by atoms with Crippen LogP contribution < -0.4 is 0 Å². The van der Waals surface area contributed by atoms with E-state index in [-0.39, 0.29) is 12.6 Å². The third-order valence-corrected chi connectivity index (χ3v) is 7.09. The second kappa shape index (κ2) is 6.66. The van der Waals surface area contributed by atoms with E-state index in [1.54, 1.807) is 0 Å². The summed E-state index contributed by atoms with van der Waals surface area (Å²) in [5.74, 6) is 1.92. The van der Waals surface area contributed by atoms with Gasteiger partial charge in [0.25, 0.3) is 5.89 Å². The number of aliphatic hydroxyl groups is 1. The van der Waals surface area contributed by atoms with Gasteiger partial charge in [0.15, 0.2) is 6.61 Å². The molecule has 29 heavy (non-hydrogen) atoms. The number of hydrogen-bond acceptors (Lipinski definition) is 6. The molecule has 2 unspecified atom stereocenters. The van der Waals surface area contributed by atoms with Gasteiger partial charge in [-0.05, 0) is 61.8 Å². The first kappa shape index (κ1) is 18.8. The van der Waals surface area contributed by atoms with Gasteiger partial charge in [-0.25, -0.2) is 0 Å². The molecule has 4 saturated carbocycles. The molecule has 4 atom stereocenters. The minimum atomic E-state index is -0.678. The molecule has 6 nitrogen and oxygen atoms in total. The van der Waals surface area contributed by atoms with Crippen molar-refractivity contribution < 1.29 is 19.2 Å². The summed E-state index contributed by atoms with van der Waals surface area (Å²) in [5.41, 5.74) is 0.916. The molecule has 154 valence electrons. The van der Waals surface area contributed by atoms with Crippen molar-refractivity contribution in [2.24, 2.45) is 17.3 Å². The fourth-order valence-corrected chi connectivity index (χ4v) is 6.18. The fourth-order valence-electron chi connectivity index (χ4n) is 6.18. The third-order valence-electron chi connectivity index (χ3n) is 7.09. The van der Waals surface area contributed by atoms with Gasteiger partial charge in [0.05, 0.1) is 11.0 Å². The summed E-state index contributed by atoms with van der Waals surface area (Å²) in [6, 6.07) is 8.08. The van der Waals surface area contributed by atoms with Crippen molar-refractivity contribution in [2.75, 3.05) is 0 Å². The molecule has 1 N–H and O–H groups in total. The number of nitrogens with zero attached hydrogens (tertiary/aromatic N) is 2. The number of carbonyl (C=O) groups excluding carboxylic acids is 1. The Balaban J connectivity index is 1.25. The van der Waals surface area contributed by atoms with Crippen molar-refractivity contribution in [1.82, 2.24) is 10.1 Å². The number of aromatic nitrogens is 2. The molecule has 4 aliphatic carbocycles. The van der Waals surface area contributed by atoms with Crippen LogP contribution in [0.15, 0.2) is 28.8 Å². The zero-order valence-corrected chi connectivity index (χ0v) is 17.1. The van der Waals surface area contributed by atoms with E-state index in [0.717, 1.165) is 37.7 Å². The van der Waals surface area contributed by atoms with E-state index in [0.29, 0.717) is 35.9 Å². The molecule has 0 aliphatic heterocycles. The van der Waals surface area contributed by atoms with Crippen molar-refractivity contribution in [3.8, 4) is 11.4 Å². The summed E-state index contributed by atoms with van der Waals surface area (Å²) in [7, 11) is 0. The van der Waals surface area contributed by atoms with Gasteiger partial charge < -0.3 is 14.4 Å². The van der Waals surface area contributed by atoms with Crippen LogP contribution in [-0.4, -0.2) is 26.8 Å². The first-order chi connectivity index (χ1) is 13.8. The summed E-state index contributed by atoms with van der Waals surface area (Å²) >= 11 is 0. The van der Waals surface area contributed by atoms with Gasteiger partial charge in [0, 0.05) is 5.56 Å². The third kappa shape index (κ3) is 3.37. The number of ether oxygens (including phenoxy) is 1. The van der Waals surface area contributed by atoms with Gasteiger partial charge in [-0.3, -0.25) is 4.79 Å². The summed E-state index contributed by atoms with van der Waals surface area (Å²) in [4.78, 5) is 17.3. The summed E-state index contributed by atoms with van der Waals surface area (Å²) in [6.07, 6.45) is 5.01. The van der Waals surface area contributed by atoms with Crippen LogP contribution in [0.25, 0.3) is 11.4 Å². The van der Waals surface area contributed by atoms with Gasteiger partial charge >= 0.3 is 5.97 Å². The van der Waals surface area contributed by atoms with Crippen molar-refractivity contribution in [3.63, 3.8) is 0 Å². The lowest BCUT2D eigenvalue weighted by atomic mass is 9.48. The zero-order valence-electron chi connectivity index (χ0n) is 17.1. The highest BCUT2D eigenvalue weighted by atomic mass is 16.6. The second-order valence-electron chi connectivity index (χ2n) is 9.83. The van der Waals surface area contributed by atoms with Crippen LogP contribution in [-0.2, 0) is 16.1 Å². The zero-order chi connectivity index (χ0) is 20.2. The van der Waals surface area contributed by atoms with Gasteiger partial charge in [0.2, 0.25) is 5.82 Å². The molecule has 0 spiro atoms. The SMILES string of the molecule is CC(C)c1ccc(-c2noc(COC(=O)C34C[C@@H]5C[C@@H](CC(O)(C5)C3)C4)n2)cc1. The van der Waals surface area contributed by atoms with Gasteiger partial charge in [-0.1, -0.05) is 43.3 Å². The fraction of sp³-hybridized carbons (Fsp3) is 0.609. The predicted molar refractivity (Wildman–Crippen MR) is 106 cm³/mol. The molecule has 4 fully saturated rings. The lowest BCUT2D eigenvalue weighted by Crippen LogP contribution is -2.58. The molecule has 6 rings (SSSR count). The smallest absolute Gasteiger partial charge is 0.312 e. The van der Waals surface area contributed by atoms with E-state index in [4.69, 9.17) is 9.26 Å². The summed E-state index contributed by atoms with van der Waals surface area (Å²) < 4.78 is 10.9. The number of carbonyl (C=O) groups is 1. The van der Waals surface area contributed by atoms with Gasteiger partial charge in [-0.2, -0.15) is 4.98 Å². The molecular formula is C23H28N2O4. The van der Waals surface area contributed by atoms with Crippen LogP contribution in [0.2, 0.25) is 0 Å². The Bertz CT molecular complexity index is 903. The van der Waals surface area contributed by atoms with Crippen LogP contribution in [0, 0.1) is 17.3 Å². The lowest BCUT2D eigenvalue weighted by Gasteiger charge is -2.58. The van der Waals surface area contributed by atoms with Crippen LogP contribution in [0.1, 0.15) is 69.7 Å². The van der Waals surface area contributed by atoms with Crippen LogP contribution in [0.4, 0.5) is 0 Å². The number of benzene rings is 1. The molecule has 6 heteroatoms. The summed E-state index contributed by atoms with van der Waals surface area (Å²) in [5, 5.41) is 14.9. The predicted octanol–water partition coefficient (Wildman–Crippen LogP) is 4.23. The van der Waals surface area contributed by atoms with Crippen molar-refractivity contribution in [2.45, 2.75) is 70.5 Å². The Morgan fingerprint density at radius 1 is 1.21 bits per heavy atom. The maximum atomic E-state index is 13.0. The highest BCUT2D eigenvalue weighted by Gasteiger charge is 2.60. The Kier molecular flexibility index (Phi) is 4.32. The first-order valence-electron chi connectivity index (χ1n) is 10.7. The largest absolute Gasteiger partial charge is 0.455 e. The molecule has 0 amide bonds.